The topological polar surface area (TPSA) is 46.5 Å². The highest BCUT2D eigenvalue weighted by Gasteiger charge is 2.12. The molecule has 0 saturated heterocycles. The predicted molar refractivity (Wildman–Crippen MR) is 56.2 cm³/mol. The van der Waals surface area contributed by atoms with Gasteiger partial charge in [0.05, 0.1) is 5.60 Å². The van der Waals surface area contributed by atoms with Gasteiger partial charge in [-0.05, 0) is 32.8 Å². The summed E-state index contributed by atoms with van der Waals surface area (Å²) >= 11 is 0. The maximum atomic E-state index is 10.3. The average Bonchev–Trinajstić information content (AvgIpc) is 2.02. The van der Waals surface area contributed by atoms with E-state index in [1.54, 1.807) is 20.1 Å². The van der Waals surface area contributed by atoms with E-state index in [-0.39, 0.29) is 5.60 Å². The van der Waals surface area contributed by atoms with Crippen LogP contribution in [0.1, 0.15) is 27.2 Å². The maximum absolute atomic E-state index is 10.3. The monoisotopic (exact) mass is 198 g/mol. The van der Waals surface area contributed by atoms with E-state index in [0.29, 0.717) is 0 Å². The van der Waals surface area contributed by atoms with Crippen molar-refractivity contribution < 1.29 is 14.6 Å². The number of aliphatic carboxylic acids is 1. The maximum Gasteiger partial charge on any atom is 0.328 e. The van der Waals surface area contributed by atoms with Crippen molar-refractivity contribution in [3.63, 3.8) is 0 Å². The standard InChI is InChI=1S/C11H18O3/c1-9(8-10(12)13)6-5-7-11(2,3)14-4/h5-6,8H,7H2,1-4H3,(H,12,13)/b6-5+,9-8+. The molecule has 0 aliphatic carbocycles. The number of allylic oxidation sites excluding steroid dienone is 2. The summed E-state index contributed by atoms with van der Waals surface area (Å²) in [6, 6.07) is 0. The third kappa shape index (κ3) is 6.43. The lowest BCUT2D eigenvalue weighted by molar-refractivity contribution is -0.131. The number of carboxylic acid groups (broad SMARTS) is 1. The van der Waals surface area contributed by atoms with Crippen LogP contribution in [0.25, 0.3) is 0 Å². The molecule has 0 rings (SSSR count). The molecule has 0 aromatic heterocycles. The summed E-state index contributed by atoms with van der Waals surface area (Å²) in [5.41, 5.74) is 0.532. The van der Waals surface area contributed by atoms with Crippen LogP contribution in [-0.2, 0) is 9.53 Å². The summed E-state index contributed by atoms with van der Waals surface area (Å²) in [6.45, 7) is 5.71. The summed E-state index contributed by atoms with van der Waals surface area (Å²) in [5.74, 6) is -0.918. The van der Waals surface area contributed by atoms with Crippen LogP contribution < -0.4 is 0 Å². The van der Waals surface area contributed by atoms with E-state index in [4.69, 9.17) is 9.84 Å². The number of rotatable bonds is 5. The molecule has 0 aromatic rings. The molecule has 0 spiro atoms. The van der Waals surface area contributed by atoms with E-state index >= 15 is 0 Å². The lowest BCUT2D eigenvalue weighted by atomic mass is 10.0. The first-order chi connectivity index (χ1) is 6.37. The second kappa shape index (κ2) is 5.60. The third-order valence-corrected chi connectivity index (χ3v) is 1.89. The zero-order chi connectivity index (χ0) is 11.2. The molecule has 0 bridgehead atoms. The van der Waals surface area contributed by atoms with Crippen LogP contribution in [0.3, 0.4) is 0 Å². The fourth-order valence-electron chi connectivity index (χ4n) is 0.855. The van der Waals surface area contributed by atoms with Crippen LogP contribution in [0.2, 0.25) is 0 Å². The van der Waals surface area contributed by atoms with Gasteiger partial charge in [-0.2, -0.15) is 0 Å². The van der Waals surface area contributed by atoms with Gasteiger partial charge in [0.25, 0.3) is 0 Å². The molecule has 0 fully saturated rings. The quantitative estimate of drug-likeness (QED) is 0.545. The Balaban J connectivity index is 4.13. The van der Waals surface area contributed by atoms with Crippen molar-refractivity contribution in [3.8, 4) is 0 Å². The van der Waals surface area contributed by atoms with Crippen LogP contribution in [-0.4, -0.2) is 23.8 Å². The Morgan fingerprint density at radius 3 is 2.50 bits per heavy atom. The van der Waals surface area contributed by atoms with E-state index < -0.39 is 5.97 Å². The number of hydrogen-bond donors (Lipinski definition) is 1. The second-order valence-corrected chi connectivity index (χ2v) is 3.80. The lowest BCUT2D eigenvalue weighted by Crippen LogP contribution is -2.20. The molecule has 14 heavy (non-hydrogen) atoms. The smallest absolute Gasteiger partial charge is 0.328 e. The number of carbonyl (C=O) groups is 1. The predicted octanol–water partition coefficient (Wildman–Crippen LogP) is 2.39. The van der Waals surface area contributed by atoms with Gasteiger partial charge in [0.2, 0.25) is 0 Å². The Hall–Kier alpha value is -1.09. The summed E-state index contributed by atoms with van der Waals surface area (Å²) in [4.78, 5) is 10.3. The van der Waals surface area contributed by atoms with Crippen molar-refractivity contribution in [3.05, 3.63) is 23.8 Å². The number of ether oxygens (including phenoxy) is 1. The first kappa shape index (κ1) is 12.9. The van der Waals surface area contributed by atoms with Crippen LogP contribution in [0.4, 0.5) is 0 Å². The molecule has 0 amide bonds. The molecule has 0 unspecified atom stereocenters. The van der Waals surface area contributed by atoms with Gasteiger partial charge in [-0.3, -0.25) is 0 Å². The minimum atomic E-state index is -0.918. The van der Waals surface area contributed by atoms with E-state index in [2.05, 4.69) is 0 Å². The first-order valence-corrected chi connectivity index (χ1v) is 4.50. The van der Waals surface area contributed by atoms with Gasteiger partial charge >= 0.3 is 5.97 Å². The van der Waals surface area contributed by atoms with Crippen LogP contribution in [0.15, 0.2) is 23.8 Å². The highest BCUT2D eigenvalue weighted by Crippen LogP contribution is 2.13. The van der Waals surface area contributed by atoms with E-state index in [9.17, 15) is 4.79 Å². The van der Waals surface area contributed by atoms with Crippen molar-refractivity contribution in [1.82, 2.24) is 0 Å². The fraction of sp³-hybridized carbons (Fsp3) is 0.545. The van der Waals surface area contributed by atoms with Crippen LogP contribution in [0, 0.1) is 0 Å². The van der Waals surface area contributed by atoms with Gasteiger partial charge in [-0.15, -0.1) is 0 Å². The molecule has 3 nitrogen and oxygen atoms in total. The Labute approximate surface area is 85.1 Å². The Bertz CT molecular complexity index is 249. The molecule has 0 heterocycles. The highest BCUT2D eigenvalue weighted by molar-refractivity contribution is 5.81. The molecule has 0 radical (unpaired) electrons. The summed E-state index contributed by atoms with van der Waals surface area (Å²) in [6.07, 6.45) is 5.64. The van der Waals surface area contributed by atoms with Crippen LogP contribution >= 0.6 is 0 Å². The van der Waals surface area contributed by atoms with Gasteiger partial charge in [-0.25, -0.2) is 4.79 Å². The average molecular weight is 198 g/mol. The van der Waals surface area contributed by atoms with Crippen LogP contribution in [0.5, 0.6) is 0 Å². The first-order valence-electron chi connectivity index (χ1n) is 4.50. The molecule has 0 aromatic carbocycles. The van der Waals surface area contributed by atoms with Gasteiger partial charge in [0.15, 0.2) is 0 Å². The molecular weight excluding hydrogens is 180 g/mol. The molecule has 0 atom stereocenters. The third-order valence-electron chi connectivity index (χ3n) is 1.89. The summed E-state index contributed by atoms with van der Waals surface area (Å²) in [7, 11) is 1.66. The zero-order valence-corrected chi connectivity index (χ0v) is 9.20. The second-order valence-electron chi connectivity index (χ2n) is 3.80. The van der Waals surface area contributed by atoms with E-state index in [1.165, 1.54) is 6.08 Å². The molecular formula is C11H18O3. The largest absolute Gasteiger partial charge is 0.478 e. The van der Waals surface area contributed by atoms with E-state index in [1.807, 2.05) is 19.9 Å². The molecule has 1 N–H and O–H groups in total. The highest BCUT2D eigenvalue weighted by atomic mass is 16.5. The van der Waals surface area contributed by atoms with Crippen molar-refractivity contribution in [1.29, 1.82) is 0 Å². The Morgan fingerprint density at radius 1 is 1.50 bits per heavy atom. The lowest BCUT2D eigenvalue weighted by Gasteiger charge is -2.20. The molecule has 80 valence electrons. The van der Waals surface area contributed by atoms with Gasteiger partial charge in [0, 0.05) is 13.2 Å². The number of carboxylic acids is 1. The molecule has 0 aliphatic rings. The van der Waals surface area contributed by atoms with Gasteiger partial charge < -0.3 is 9.84 Å². The minimum absolute atomic E-state index is 0.194. The minimum Gasteiger partial charge on any atom is -0.478 e. The SMILES string of the molecule is COC(C)(C)C/C=C/C(C)=C/C(=O)O. The molecule has 0 saturated carbocycles. The van der Waals surface area contributed by atoms with Gasteiger partial charge in [-0.1, -0.05) is 12.2 Å². The Kier molecular flexibility index (Phi) is 5.16. The molecule has 3 heteroatoms. The van der Waals surface area contributed by atoms with Crippen molar-refractivity contribution in [2.24, 2.45) is 0 Å². The Morgan fingerprint density at radius 2 is 2.07 bits per heavy atom. The van der Waals surface area contributed by atoms with E-state index in [0.717, 1.165) is 12.0 Å². The molecule has 0 aliphatic heterocycles. The summed E-state index contributed by atoms with van der Waals surface area (Å²) in [5, 5.41) is 8.45. The van der Waals surface area contributed by atoms with Gasteiger partial charge in [0.1, 0.15) is 0 Å². The fourth-order valence-corrected chi connectivity index (χ4v) is 0.855. The normalized spacial score (nSPS) is 13.6. The van der Waals surface area contributed by atoms with Crippen molar-refractivity contribution in [2.75, 3.05) is 7.11 Å². The summed E-state index contributed by atoms with van der Waals surface area (Å²) < 4.78 is 5.21. The number of methoxy groups -OCH3 is 1. The van der Waals surface area contributed by atoms with Crippen molar-refractivity contribution >= 4 is 5.97 Å². The number of hydrogen-bond acceptors (Lipinski definition) is 2. The van der Waals surface area contributed by atoms with Crippen molar-refractivity contribution in [2.45, 2.75) is 32.8 Å². The zero-order valence-electron chi connectivity index (χ0n) is 9.20.